The quantitative estimate of drug-likeness (QED) is 0.846. The van der Waals surface area contributed by atoms with Gasteiger partial charge in [0, 0.05) is 13.1 Å². The standard InChI is InChI=1S/C13H20N2O/c1-3-11-9-15(7-6-14)12-5-4-10(2)8-13(12)16-11/h4-5,8,11H,3,6-7,9,14H2,1-2H3. The van der Waals surface area contributed by atoms with E-state index in [0.717, 1.165) is 25.3 Å². The fraction of sp³-hybridized carbons (Fsp3) is 0.538. The monoisotopic (exact) mass is 220 g/mol. The van der Waals surface area contributed by atoms with Crippen LogP contribution in [-0.4, -0.2) is 25.7 Å². The van der Waals surface area contributed by atoms with E-state index in [-0.39, 0.29) is 0 Å². The molecule has 1 unspecified atom stereocenters. The van der Waals surface area contributed by atoms with Gasteiger partial charge in [-0.3, -0.25) is 0 Å². The second-order valence-corrected chi connectivity index (χ2v) is 4.35. The van der Waals surface area contributed by atoms with E-state index >= 15 is 0 Å². The molecule has 2 N–H and O–H groups in total. The zero-order valence-electron chi connectivity index (χ0n) is 10.1. The Morgan fingerprint density at radius 2 is 2.31 bits per heavy atom. The molecule has 3 nitrogen and oxygen atoms in total. The average molecular weight is 220 g/mol. The molecule has 1 aromatic carbocycles. The molecule has 3 heteroatoms. The topological polar surface area (TPSA) is 38.5 Å². The maximum atomic E-state index is 5.96. The number of fused-ring (bicyclic) bond motifs is 1. The lowest BCUT2D eigenvalue weighted by atomic mass is 10.1. The second kappa shape index (κ2) is 4.74. The molecule has 1 aromatic rings. The molecule has 2 rings (SSSR count). The van der Waals surface area contributed by atoms with Crippen molar-refractivity contribution in [3.8, 4) is 5.75 Å². The van der Waals surface area contributed by atoms with Crippen LogP contribution in [0, 0.1) is 6.92 Å². The predicted molar refractivity (Wildman–Crippen MR) is 67.2 cm³/mol. The van der Waals surface area contributed by atoms with E-state index in [9.17, 15) is 0 Å². The van der Waals surface area contributed by atoms with Gasteiger partial charge in [-0.05, 0) is 31.0 Å². The highest BCUT2D eigenvalue weighted by molar-refractivity contribution is 5.61. The molecule has 1 heterocycles. The Bertz CT molecular complexity index is 365. The SMILES string of the molecule is CCC1CN(CCN)c2ccc(C)cc2O1. The van der Waals surface area contributed by atoms with E-state index < -0.39 is 0 Å². The largest absolute Gasteiger partial charge is 0.486 e. The summed E-state index contributed by atoms with van der Waals surface area (Å²) in [5.41, 5.74) is 8.07. The van der Waals surface area contributed by atoms with Crippen LogP contribution >= 0.6 is 0 Å². The Morgan fingerprint density at radius 1 is 1.50 bits per heavy atom. The molecular formula is C13H20N2O. The molecule has 0 amide bonds. The summed E-state index contributed by atoms with van der Waals surface area (Å²) < 4.78 is 5.96. The van der Waals surface area contributed by atoms with Gasteiger partial charge in [-0.2, -0.15) is 0 Å². The Labute approximate surface area is 97.2 Å². The lowest BCUT2D eigenvalue weighted by Gasteiger charge is -2.36. The molecule has 0 fully saturated rings. The minimum atomic E-state index is 0.292. The van der Waals surface area contributed by atoms with Crippen LogP contribution < -0.4 is 15.4 Å². The molecule has 88 valence electrons. The summed E-state index contributed by atoms with van der Waals surface area (Å²) in [7, 11) is 0. The first-order valence-electron chi connectivity index (χ1n) is 5.97. The van der Waals surface area contributed by atoms with E-state index in [2.05, 4.69) is 36.9 Å². The van der Waals surface area contributed by atoms with Crippen LogP contribution in [0.5, 0.6) is 5.75 Å². The highest BCUT2D eigenvalue weighted by Crippen LogP contribution is 2.34. The number of hydrogen-bond acceptors (Lipinski definition) is 3. The van der Waals surface area contributed by atoms with Gasteiger partial charge in [-0.1, -0.05) is 13.0 Å². The zero-order valence-corrected chi connectivity index (χ0v) is 10.1. The van der Waals surface area contributed by atoms with Gasteiger partial charge in [0.1, 0.15) is 11.9 Å². The number of anilines is 1. The fourth-order valence-corrected chi connectivity index (χ4v) is 2.12. The molecule has 0 bridgehead atoms. The summed E-state index contributed by atoms with van der Waals surface area (Å²) >= 11 is 0. The van der Waals surface area contributed by atoms with Crippen LogP contribution in [0.1, 0.15) is 18.9 Å². The van der Waals surface area contributed by atoms with Crippen LogP contribution in [0.15, 0.2) is 18.2 Å². The van der Waals surface area contributed by atoms with Gasteiger partial charge in [0.15, 0.2) is 0 Å². The Kier molecular flexibility index (Phi) is 3.34. The third kappa shape index (κ3) is 2.14. The van der Waals surface area contributed by atoms with Gasteiger partial charge in [-0.25, -0.2) is 0 Å². The maximum absolute atomic E-state index is 5.96. The molecule has 1 aliphatic heterocycles. The summed E-state index contributed by atoms with van der Waals surface area (Å²) in [6, 6.07) is 6.37. The summed E-state index contributed by atoms with van der Waals surface area (Å²) in [5.74, 6) is 1.01. The highest BCUT2D eigenvalue weighted by atomic mass is 16.5. The molecule has 0 saturated heterocycles. The number of benzene rings is 1. The number of aryl methyl sites for hydroxylation is 1. The van der Waals surface area contributed by atoms with Gasteiger partial charge in [-0.15, -0.1) is 0 Å². The summed E-state index contributed by atoms with van der Waals surface area (Å²) in [6.45, 7) is 6.78. The van der Waals surface area contributed by atoms with Crippen molar-refractivity contribution in [3.63, 3.8) is 0 Å². The van der Waals surface area contributed by atoms with Crippen molar-refractivity contribution in [2.75, 3.05) is 24.5 Å². The van der Waals surface area contributed by atoms with Gasteiger partial charge >= 0.3 is 0 Å². The normalized spacial score (nSPS) is 19.2. The minimum absolute atomic E-state index is 0.292. The summed E-state index contributed by atoms with van der Waals surface area (Å²) in [6.07, 6.45) is 1.33. The number of rotatable bonds is 3. The fourth-order valence-electron chi connectivity index (χ4n) is 2.12. The number of hydrogen-bond donors (Lipinski definition) is 1. The van der Waals surface area contributed by atoms with Crippen LogP contribution in [0.3, 0.4) is 0 Å². The van der Waals surface area contributed by atoms with Crippen LogP contribution in [0.2, 0.25) is 0 Å². The molecule has 0 aromatic heterocycles. The van der Waals surface area contributed by atoms with Crippen molar-refractivity contribution >= 4 is 5.69 Å². The third-order valence-electron chi connectivity index (χ3n) is 3.03. The van der Waals surface area contributed by atoms with Crippen molar-refractivity contribution in [2.45, 2.75) is 26.4 Å². The Morgan fingerprint density at radius 3 is 3.00 bits per heavy atom. The van der Waals surface area contributed by atoms with Crippen LogP contribution in [0.25, 0.3) is 0 Å². The Hall–Kier alpha value is -1.22. The van der Waals surface area contributed by atoms with Crippen LogP contribution in [-0.2, 0) is 0 Å². The van der Waals surface area contributed by atoms with E-state index in [1.54, 1.807) is 0 Å². The summed E-state index contributed by atoms with van der Waals surface area (Å²) in [5, 5.41) is 0. The zero-order chi connectivity index (χ0) is 11.5. The van der Waals surface area contributed by atoms with E-state index in [1.165, 1.54) is 11.3 Å². The molecule has 0 spiro atoms. The molecule has 0 aliphatic carbocycles. The highest BCUT2D eigenvalue weighted by Gasteiger charge is 2.23. The van der Waals surface area contributed by atoms with Crippen molar-refractivity contribution < 1.29 is 4.74 Å². The maximum Gasteiger partial charge on any atom is 0.143 e. The van der Waals surface area contributed by atoms with Gasteiger partial charge in [0.2, 0.25) is 0 Å². The molecule has 1 aliphatic rings. The average Bonchev–Trinajstić information content (AvgIpc) is 2.28. The molecule has 0 saturated carbocycles. The third-order valence-corrected chi connectivity index (χ3v) is 3.03. The molecular weight excluding hydrogens is 200 g/mol. The molecule has 16 heavy (non-hydrogen) atoms. The number of nitrogens with two attached hydrogens (primary N) is 1. The van der Waals surface area contributed by atoms with E-state index in [4.69, 9.17) is 10.5 Å². The number of ether oxygens (including phenoxy) is 1. The second-order valence-electron chi connectivity index (χ2n) is 4.35. The first kappa shape index (κ1) is 11.3. The van der Waals surface area contributed by atoms with Gasteiger partial charge in [0.25, 0.3) is 0 Å². The Balaban J connectivity index is 2.30. The van der Waals surface area contributed by atoms with Crippen molar-refractivity contribution in [2.24, 2.45) is 5.73 Å². The van der Waals surface area contributed by atoms with Crippen molar-refractivity contribution in [1.29, 1.82) is 0 Å². The van der Waals surface area contributed by atoms with Gasteiger partial charge in [0.05, 0.1) is 12.2 Å². The summed E-state index contributed by atoms with van der Waals surface area (Å²) in [4.78, 5) is 2.33. The minimum Gasteiger partial charge on any atom is -0.486 e. The predicted octanol–water partition coefficient (Wildman–Crippen LogP) is 1.93. The lowest BCUT2D eigenvalue weighted by molar-refractivity contribution is 0.189. The smallest absolute Gasteiger partial charge is 0.143 e. The van der Waals surface area contributed by atoms with Crippen molar-refractivity contribution in [1.82, 2.24) is 0 Å². The molecule has 1 atom stereocenters. The first-order chi connectivity index (χ1) is 7.74. The molecule has 0 radical (unpaired) electrons. The van der Waals surface area contributed by atoms with Gasteiger partial charge < -0.3 is 15.4 Å². The lowest BCUT2D eigenvalue weighted by Crippen LogP contribution is -2.42. The number of nitrogens with zero attached hydrogens (tertiary/aromatic N) is 1. The van der Waals surface area contributed by atoms with Crippen molar-refractivity contribution in [3.05, 3.63) is 23.8 Å². The van der Waals surface area contributed by atoms with Crippen LogP contribution in [0.4, 0.5) is 5.69 Å². The van der Waals surface area contributed by atoms with E-state index in [0.29, 0.717) is 12.6 Å². The van der Waals surface area contributed by atoms with E-state index in [1.807, 2.05) is 0 Å². The first-order valence-corrected chi connectivity index (χ1v) is 5.97.